The van der Waals surface area contributed by atoms with Crippen molar-refractivity contribution in [2.24, 2.45) is 0 Å². The van der Waals surface area contributed by atoms with Crippen molar-refractivity contribution in [3.8, 4) is 0 Å². The van der Waals surface area contributed by atoms with E-state index in [9.17, 15) is 4.39 Å². The first kappa shape index (κ1) is 13.5. The second-order valence-electron chi connectivity index (χ2n) is 4.40. The molecule has 2 heterocycles. The van der Waals surface area contributed by atoms with E-state index in [0.29, 0.717) is 17.8 Å². The van der Waals surface area contributed by atoms with Crippen molar-refractivity contribution < 1.29 is 4.39 Å². The van der Waals surface area contributed by atoms with Crippen LogP contribution in [0.3, 0.4) is 0 Å². The SMILES string of the molecule is Fc1cccc2c1nc(CCCl)n2CCc1nccs1. The number of aromatic nitrogens is 3. The number of alkyl halides is 1. The van der Waals surface area contributed by atoms with Crippen molar-refractivity contribution in [2.75, 3.05) is 5.88 Å². The van der Waals surface area contributed by atoms with Gasteiger partial charge in [-0.15, -0.1) is 22.9 Å². The number of para-hydroxylation sites is 1. The van der Waals surface area contributed by atoms with Gasteiger partial charge in [0.15, 0.2) is 5.82 Å². The van der Waals surface area contributed by atoms with E-state index in [1.807, 2.05) is 16.0 Å². The smallest absolute Gasteiger partial charge is 0.151 e. The summed E-state index contributed by atoms with van der Waals surface area (Å²) in [5.74, 6) is 1.02. The molecule has 20 heavy (non-hydrogen) atoms. The average Bonchev–Trinajstić information content (AvgIpc) is 3.05. The van der Waals surface area contributed by atoms with Crippen LogP contribution < -0.4 is 0 Å². The fourth-order valence-electron chi connectivity index (χ4n) is 2.27. The fourth-order valence-corrected chi connectivity index (χ4v) is 3.05. The summed E-state index contributed by atoms with van der Waals surface area (Å²) >= 11 is 7.45. The molecule has 0 bridgehead atoms. The quantitative estimate of drug-likeness (QED) is 0.673. The van der Waals surface area contributed by atoms with Crippen molar-refractivity contribution in [3.63, 3.8) is 0 Å². The summed E-state index contributed by atoms with van der Waals surface area (Å²) in [6, 6.07) is 5.04. The van der Waals surface area contributed by atoms with Crippen molar-refractivity contribution in [1.82, 2.24) is 14.5 Å². The number of hydrogen-bond acceptors (Lipinski definition) is 3. The van der Waals surface area contributed by atoms with Crippen molar-refractivity contribution in [2.45, 2.75) is 19.4 Å². The highest BCUT2D eigenvalue weighted by Crippen LogP contribution is 2.20. The summed E-state index contributed by atoms with van der Waals surface area (Å²) in [6.07, 6.45) is 3.24. The maximum atomic E-state index is 13.8. The minimum Gasteiger partial charge on any atom is -0.327 e. The molecule has 3 rings (SSSR count). The van der Waals surface area contributed by atoms with Crippen LogP contribution in [-0.4, -0.2) is 20.4 Å². The summed E-state index contributed by atoms with van der Waals surface area (Å²) < 4.78 is 15.9. The number of hydrogen-bond donors (Lipinski definition) is 0. The number of halogens is 2. The second kappa shape index (κ2) is 5.89. The molecule has 0 amide bonds. The van der Waals surface area contributed by atoms with E-state index in [0.717, 1.165) is 29.3 Å². The second-order valence-corrected chi connectivity index (χ2v) is 5.76. The number of thiazole rings is 1. The molecule has 0 saturated heterocycles. The number of rotatable bonds is 5. The highest BCUT2D eigenvalue weighted by Gasteiger charge is 2.13. The summed E-state index contributed by atoms with van der Waals surface area (Å²) in [7, 11) is 0. The molecule has 0 fully saturated rings. The molecule has 3 nitrogen and oxygen atoms in total. The zero-order chi connectivity index (χ0) is 13.9. The Morgan fingerprint density at radius 3 is 2.95 bits per heavy atom. The Balaban J connectivity index is 1.98. The average molecular weight is 310 g/mol. The number of imidazole rings is 1. The van der Waals surface area contributed by atoms with Gasteiger partial charge < -0.3 is 4.57 Å². The molecule has 0 aliphatic heterocycles. The van der Waals surface area contributed by atoms with Crippen LogP contribution in [0, 0.1) is 5.82 Å². The number of fused-ring (bicyclic) bond motifs is 1. The number of aryl methyl sites for hydroxylation is 3. The van der Waals surface area contributed by atoms with Gasteiger partial charge in [-0.05, 0) is 12.1 Å². The van der Waals surface area contributed by atoms with Crippen molar-refractivity contribution in [1.29, 1.82) is 0 Å². The Hall–Kier alpha value is -1.46. The molecular weight excluding hydrogens is 297 g/mol. The highest BCUT2D eigenvalue weighted by atomic mass is 35.5. The third-order valence-electron chi connectivity index (χ3n) is 3.16. The third kappa shape index (κ3) is 2.55. The van der Waals surface area contributed by atoms with E-state index in [1.165, 1.54) is 6.07 Å². The first-order chi connectivity index (χ1) is 9.79. The molecule has 0 radical (unpaired) electrons. The molecule has 2 aromatic heterocycles. The zero-order valence-corrected chi connectivity index (χ0v) is 12.3. The van der Waals surface area contributed by atoms with Gasteiger partial charge in [0.25, 0.3) is 0 Å². The first-order valence-corrected chi connectivity index (χ1v) is 7.79. The van der Waals surface area contributed by atoms with Crippen LogP contribution in [0.15, 0.2) is 29.8 Å². The van der Waals surface area contributed by atoms with E-state index in [4.69, 9.17) is 11.6 Å². The van der Waals surface area contributed by atoms with Crippen LogP contribution >= 0.6 is 22.9 Å². The third-order valence-corrected chi connectivity index (χ3v) is 4.19. The Bertz CT molecular complexity index is 709. The van der Waals surface area contributed by atoms with Crippen LogP contribution in [0.5, 0.6) is 0 Å². The summed E-state index contributed by atoms with van der Waals surface area (Å²) in [5, 5.41) is 3.03. The molecule has 0 unspecified atom stereocenters. The van der Waals surface area contributed by atoms with Crippen LogP contribution in [0.2, 0.25) is 0 Å². The van der Waals surface area contributed by atoms with Gasteiger partial charge in [0.1, 0.15) is 11.3 Å². The van der Waals surface area contributed by atoms with Crippen molar-refractivity contribution in [3.05, 3.63) is 46.4 Å². The lowest BCUT2D eigenvalue weighted by Crippen LogP contribution is -2.06. The normalized spacial score (nSPS) is 11.3. The number of nitrogens with zero attached hydrogens (tertiary/aromatic N) is 3. The summed E-state index contributed by atoms with van der Waals surface area (Å²) in [6.45, 7) is 0.736. The van der Waals surface area contributed by atoms with E-state index in [2.05, 4.69) is 9.97 Å². The van der Waals surface area contributed by atoms with E-state index in [-0.39, 0.29) is 5.82 Å². The standard InChI is InChI=1S/C14H13ClFN3S/c15-6-4-12-18-14-10(16)2-1-3-11(14)19(12)8-5-13-17-7-9-20-13/h1-3,7,9H,4-6,8H2. The maximum Gasteiger partial charge on any atom is 0.151 e. The maximum absolute atomic E-state index is 13.8. The van der Waals surface area contributed by atoms with E-state index < -0.39 is 0 Å². The van der Waals surface area contributed by atoms with Gasteiger partial charge in [0.05, 0.1) is 10.5 Å². The minimum absolute atomic E-state index is 0.286. The molecule has 0 atom stereocenters. The predicted molar refractivity (Wildman–Crippen MR) is 79.9 cm³/mol. The molecule has 0 N–H and O–H groups in total. The number of benzene rings is 1. The Labute approximate surface area is 125 Å². The lowest BCUT2D eigenvalue weighted by Gasteiger charge is -2.07. The van der Waals surface area contributed by atoms with Gasteiger partial charge in [0, 0.05) is 36.8 Å². The van der Waals surface area contributed by atoms with Gasteiger partial charge >= 0.3 is 0 Å². The fraction of sp³-hybridized carbons (Fsp3) is 0.286. The predicted octanol–water partition coefficient (Wildman–Crippen LogP) is 3.66. The van der Waals surface area contributed by atoms with Crippen LogP contribution in [0.4, 0.5) is 4.39 Å². The highest BCUT2D eigenvalue weighted by molar-refractivity contribution is 7.09. The summed E-state index contributed by atoms with van der Waals surface area (Å²) in [5.41, 5.74) is 1.24. The van der Waals surface area contributed by atoms with E-state index in [1.54, 1.807) is 23.6 Å². The van der Waals surface area contributed by atoms with Gasteiger partial charge in [-0.1, -0.05) is 6.07 Å². The van der Waals surface area contributed by atoms with Crippen LogP contribution in [-0.2, 0) is 19.4 Å². The lowest BCUT2D eigenvalue weighted by molar-refractivity contribution is 0.637. The molecule has 3 aromatic rings. The Kier molecular flexibility index (Phi) is 3.98. The van der Waals surface area contributed by atoms with Gasteiger partial charge in [0.2, 0.25) is 0 Å². The molecular formula is C14H13ClFN3S. The van der Waals surface area contributed by atoms with Crippen LogP contribution in [0.1, 0.15) is 10.8 Å². The Morgan fingerprint density at radius 1 is 1.30 bits per heavy atom. The van der Waals surface area contributed by atoms with E-state index >= 15 is 0 Å². The molecule has 104 valence electrons. The largest absolute Gasteiger partial charge is 0.327 e. The molecule has 0 aliphatic rings. The van der Waals surface area contributed by atoms with Gasteiger partial charge in [-0.3, -0.25) is 0 Å². The molecule has 0 aliphatic carbocycles. The topological polar surface area (TPSA) is 30.7 Å². The van der Waals surface area contributed by atoms with Crippen LogP contribution in [0.25, 0.3) is 11.0 Å². The lowest BCUT2D eigenvalue weighted by atomic mass is 10.3. The first-order valence-electron chi connectivity index (χ1n) is 6.37. The Morgan fingerprint density at radius 2 is 2.20 bits per heavy atom. The van der Waals surface area contributed by atoms with Crippen molar-refractivity contribution >= 4 is 34.0 Å². The molecule has 6 heteroatoms. The van der Waals surface area contributed by atoms with Gasteiger partial charge in [-0.25, -0.2) is 14.4 Å². The molecule has 0 spiro atoms. The minimum atomic E-state index is -0.286. The summed E-state index contributed by atoms with van der Waals surface area (Å²) in [4.78, 5) is 8.66. The monoisotopic (exact) mass is 309 g/mol. The molecule has 0 saturated carbocycles. The molecule has 1 aromatic carbocycles. The van der Waals surface area contributed by atoms with Gasteiger partial charge in [-0.2, -0.15) is 0 Å². The zero-order valence-electron chi connectivity index (χ0n) is 10.7.